The minimum Gasteiger partial charge on any atom is -0.496 e. The van der Waals surface area contributed by atoms with E-state index in [1.54, 1.807) is 11.6 Å². The summed E-state index contributed by atoms with van der Waals surface area (Å²) in [4.78, 5) is 27.4. The molecular weight excluding hydrogens is 332 g/mol. The summed E-state index contributed by atoms with van der Waals surface area (Å²) in [6, 6.07) is 9.76. The van der Waals surface area contributed by atoms with E-state index < -0.39 is 0 Å². The van der Waals surface area contributed by atoms with Gasteiger partial charge in [0.25, 0.3) is 0 Å². The molecule has 1 aromatic carbocycles. The Labute approximate surface area is 150 Å². The number of nitrogens with zero attached hydrogens (tertiary/aromatic N) is 3. The second-order valence-electron chi connectivity index (χ2n) is 6.49. The molecule has 0 atom stereocenters. The fraction of sp³-hybridized carbons (Fsp3) is 0.263. The average molecular weight is 350 g/mol. The molecule has 7 heteroatoms. The molecule has 1 aliphatic carbocycles. The summed E-state index contributed by atoms with van der Waals surface area (Å²) in [5.41, 5.74) is 3.65. The van der Waals surface area contributed by atoms with Crippen molar-refractivity contribution >= 4 is 23.3 Å². The molecule has 7 nitrogen and oxygen atoms in total. The van der Waals surface area contributed by atoms with Crippen LogP contribution in [0.5, 0.6) is 5.75 Å². The SMILES string of the molecule is COc1ccc(C)cc1-c1ccc2nc(NC(=O)C3CC(=O)C3)nn2c1. The molecule has 3 aromatic rings. The highest BCUT2D eigenvalue weighted by Crippen LogP contribution is 2.31. The Hall–Kier alpha value is -3.22. The van der Waals surface area contributed by atoms with Crippen molar-refractivity contribution in [2.75, 3.05) is 12.4 Å². The van der Waals surface area contributed by atoms with E-state index in [0.717, 1.165) is 22.4 Å². The lowest BCUT2D eigenvalue weighted by Crippen LogP contribution is -2.34. The summed E-state index contributed by atoms with van der Waals surface area (Å²) in [6.07, 6.45) is 2.45. The summed E-state index contributed by atoms with van der Waals surface area (Å²) in [5.74, 6) is 0.660. The molecular formula is C19H18N4O3. The first kappa shape index (κ1) is 16.3. The molecule has 1 saturated carbocycles. The van der Waals surface area contributed by atoms with E-state index >= 15 is 0 Å². The minimum atomic E-state index is -0.263. The first-order valence-corrected chi connectivity index (χ1v) is 8.37. The van der Waals surface area contributed by atoms with Gasteiger partial charge < -0.3 is 4.74 Å². The normalized spacial score (nSPS) is 14.3. The number of rotatable bonds is 4. The van der Waals surface area contributed by atoms with Crippen LogP contribution in [-0.2, 0) is 9.59 Å². The zero-order valence-electron chi connectivity index (χ0n) is 14.5. The number of fused-ring (bicyclic) bond motifs is 1. The Morgan fingerprint density at radius 3 is 2.81 bits per heavy atom. The van der Waals surface area contributed by atoms with Crippen molar-refractivity contribution in [2.45, 2.75) is 19.8 Å². The highest BCUT2D eigenvalue weighted by atomic mass is 16.5. The number of hydrogen-bond donors (Lipinski definition) is 1. The van der Waals surface area contributed by atoms with Gasteiger partial charge in [-0.2, -0.15) is 4.98 Å². The number of ether oxygens (including phenoxy) is 1. The van der Waals surface area contributed by atoms with E-state index in [1.807, 2.05) is 43.5 Å². The number of benzene rings is 1. The fourth-order valence-electron chi connectivity index (χ4n) is 3.03. The quantitative estimate of drug-likeness (QED) is 0.782. The number of pyridine rings is 1. The van der Waals surface area contributed by atoms with Gasteiger partial charge in [0, 0.05) is 30.2 Å². The van der Waals surface area contributed by atoms with Gasteiger partial charge in [0.15, 0.2) is 5.65 Å². The number of carbonyl (C=O) groups excluding carboxylic acids is 2. The molecule has 2 heterocycles. The second-order valence-corrected chi connectivity index (χ2v) is 6.49. The molecule has 0 bridgehead atoms. The monoisotopic (exact) mass is 350 g/mol. The van der Waals surface area contributed by atoms with Crippen LogP contribution in [0.15, 0.2) is 36.5 Å². The Morgan fingerprint density at radius 1 is 1.27 bits per heavy atom. The lowest BCUT2D eigenvalue weighted by molar-refractivity contribution is -0.135. The molecule has 26 heavy (non-hydrogen) atoms. The van der Waals surface area contributed by atoms with Gasteiger partial charge in [-0.05, 0) is 31.2 Å². The molecule has 1 N–H and O–H groups in total. The Morgan fingerprint density at radius 2 is 2.08 bits per heavy atom. The van der Waals surface area contributed by atoms with Gasteiger partial charge >= 0.3 is 0 Å². The smallest absolute Gasteiger partial charge is 0.249 e. The van der Waals surface area contributed by atoms with Crippen molar-refractivity contribution in [1.82, 2.24) is 14.6 Å². The predicted molar refractivity (Wildman–Crippen MR) is 96.1 cm³/mol. The lowest BCUT2D eigenvalue weighted by Gasteiger charge is -2.21. The molecule has 0 radical (unpaired) electrons. The van der Waals surface area contributed by atoms with Crippen LogP contribution in [0, 0.1) is 12.8 Å². The molecule has 1 aliphatic rings. The maximum Gasteiger partial charge on any atom is 0.249 e. The van der Waals surface area contributed by atoms with Gasteiger partial charge in [0.2, 0.25) is 11.9 Å². The molecule has 0 aliphatic heterocycles. The van der Waals surface area contributed by atoms with E-state index in [-0.39, 0.29) is 23.6 Å². The number of methoxy groups -OCH3 is 1. The number of amides is 1. The third-order valence-electron chi connectivity index (χ3n) is 4.55. The number of nitrogens with one attached hydrogen (secondary N) is 1. The largest absolute Gasteiger partial charge is 0.496 e. The number of aryl methyl sites for hydroxylation is 1. The van der Waals surface area contributed by atoms with Crippen molar-refractivity contribution in [1.29, 1.82) is 0 Å². The van der Waals surface area contributed by atoms with Crippen molar-refractivity contribution in [2.24, 2.45) is 5.92 Å². The summed E-state index contributed by atoms with van der Waals surface area (Å²) < 4.78 is 7.07. The van der Waals surface area contributed by atoms with Crippen LogP contribution in [0.4, 0.5) is 5.95 Å². The summed E-state index contributed by atoms with van der Waals surface area (Å²) >= 11 is 0. The fourth-order valence-corrected chi connectivity index (χ4v) is 3.03. The van der Waals surface area contributed by atoms with Crippen molar-refractivity contribution < 1.29 is 14.3 Å². The van der Waals surface area contributed by atoms with E-state index in [1.165, 1.54) is 0 Å². The molecule has 2 aromatic heterocycles. The van der Waals surface area contributed by atoms with Crippen molar-refractivity contribution in [3.05, 3.63) is 42.1 Å². The Bertz CT molecular complexity index is 1020. The van der Waals surface area contributed by atoms with E-state index in [4.69, 9.17) is 4.74 Å². The first-order chi connectivity index (χ1) is 12.5. The topological polar surface area (TPSA) is 85.6 Å². The highest BCUT2D eigenvalue weighted by molar-refractivity contribution is 6.01. The predicted octanol–water partition coefficient (Wildman–Crippen LogP) is 2.63. The van der Waals surface area contributed by atoms with Crippen LogP contribution in [0.2, 0.25) is 0 Å². The maximum absolute atomic E-state index is 12.1. The number of anilines is 1. The van der Waals surface area contributed by atoms with Gasteiger partial charge in [0.05, 0.1) is 13.0 Å². The third-order valence-corrected chi connectivity index (χ3v) is 4.55. The van der Waals surface area contributed by atoms with Gasteiger partial charge in [-0.25, -0.2) is 4.52 Å². The average Bonchev–Trinajstić information content (AvgIpc) is 3.00. The first-order valence-electron chi connectivity index (χ1n) is 8.37. The zero-order chi connectivity index (χ0) is 18.3. The Balaban J connectivity index is 1.63. The molecule has 0 saturated heterocycles. The molecule has 0 spiro atoms. The number of carbonyl (C=O) groups is 2. The molecule has 1 amide bonds. The Kier molecular flexibility index (Phi) is 3.91. The van der Waals surface area contributed by atoms with Gasteiger partial charge in [-0.15, -0.1) is 5.10 Å². The summed E-state index contributed by atoms with van der Waals surface area (Å²) in [6.45, 7) is 2.02. The van der Waals surface area contributed by atoms with Crippen LogP contribution in [0.25, 0.3) is 16.8 Å². The van der Waals surface area contributed by atoms with E-state index in [2.05, 4.69) is 15.4 Å². The maximum atomic E-state index is 12.1. The highest BCUT2D eigenvalue weighted by Gasteiger charge is 2.33. The van der Waals surface area contributed by atoms with Crippen LogP contribution in [0.1, 0.15) is 18.4 Å². The summed E-state index contributed by atoms with van der Waals surface area (Å²) in [7, 11) is 1.64. The van der Waals surface area contributed by atoms with Crippen molar-refractivity contribution in [3.63, 3.8) is 0 Å². The van der Waals surface area contributed by atoms with Crippen LogP contribution < -0.4 is 10.1 Å². The molecule has 0 unspecified atom stereocenters. The van der Waals surface area contributed by atoms with Gasteiger partial charge in [-0.3, -0.25) is 14.9 Å². The van der Waals surface area contributed by atoms with Crippen LogP contribution in [0.3, 0.4) is 0 Å². The van der Waals surface area contributed by atoms with Crippen molar-refractivity contribution in [3.8, 4) is 16.9 Å². The van der Waals surface area contributed by atoms with E-state index in [9.17, 15) is 9.59 Å². The van der Waals surface area contributed by atoms with E-state index in [0.29, 0.717) is 18.5 Å². The molecule has 1 fully saturated rings. The standard InChI is InChI=1S/C19H18N4O3/c1-11-3-5-16(26-2)15(7-11)12-4-6-17-20-19(22-23(17)10-12)21-18(25)13-8-14(24)9-13/h3-7,10,13H,8-9H2,1-2H3,(H,21,22,25). The van der Waals surface area contributed by atoms with Gasteiger partial charge in [0.1, 0.15) is 11.5 Å². The lowest BCUT2D eigenvalue weighted by atomic mass is 9.83. The van der Waals surface area contributed by atoms with Crippen LogP contribution in [-0.4, -0.2) is 33.4 Å². The summed E-state index contributed by atoms with van der Waals surface area (Å²) in [5, 5.41) is 7.01. The number of Topliss-reactive ketones (excluding diaryl/α,β-unsaturated/α-hetero) is 1. The van der Waals surface area contributed by atoms with Gasteiger partial charge in [-0.1, -0.05) is 11.6 Å². The zero-order valence-corrected chi connectivity index (χ0v) is 14.5. The number of aromatic nitrogens is 3. The number of hydrogen-bond acceptors (Lipinski definition) is 5. The minimum absolute atomic E-state index is 0.116. The second kappa shape index (κ2) is 6.25. The molecule has 4 rings (SSSR count). The number of ketones is 1. The van der Waals surface area contributed by atoms with Crippen LogP contribution >= 0.6 is 0 Å². The molecule has 132 valence electrons. The third kappa shape index (κ3) is 2.92.